The van der Waals surface area contributed by atoms with Crippen LogP contribution >= 0.6 is 0 Å². The Morgan fingerprint density at radius 3 is 2.52 bits per heavy atom. The lowest BCUT2D eigenvalue weighted by Gasteiger charge is -2.36. The summed E-state index contributed by atoms with van der Waals surface area (Å²) in [4.78, 5) is 26.6. The second-order valence-electron chi connectivity index (χ2n) is 8.31. The van der Waals surface area contributed by atoms with E-state index < -0.39 is 11.9 Å². The number of allylic oxidation sites excluding steroid dienone is 3. The van der Waals surface area contributed by atoms with Crippen molar-refractivity contribution in [3.8, 4) is 11.5 Å². The molecule has 6 heteroatoms. The van der Waals surface area contributed by atoms with Gasteiger partial charge < -0.3 is 19.9 Å². The van der Waals surface area contributed by atoms with Crippen molar-refractivity contribution in [1.29, 1.82) is 0 Å². The molecule has 0 unspecified atom stereocenters. The summed E-state index contributed by atoms with van der Waals surface area (Å²) in [5.41, 5.74) is 4.33. The predicted octanol–water partition coefficient (Wildman–Crippen LogP) is 4.72. The van der Waals surface area contributed by atoms with Crippen LogP contribution in [0.3, 0.4) is 0 Å². The van der Waals surface area contributed by atoms with E-state index in [1.165, 1.54) is 0 Å². The average molecular weight is 448 g/mol. The lowest BCUT2D eigenvalue weighted by molar-refractivity contribution is -0.138. The largest absolute Gasteiger partial charge is 0.504 e. The van der Waals surface area contributed by atoms with Crippen LogP contribution in [-0.4, -0.2) is 30.1 Å². The summed E-state index contributed by atoms with van der Waals surface area (Å²) in [7, 11) is 0. The SMILES string of the molecule is CCOC(=O)C1=C(C)NC2=C(C(=O)C[C@H](c3ccccc3)C2)[C@@H]1c1ccc(O)c(OCC)c1. The van der Waals surface area contributed by atoms with Crippen LogP contribution in [0.5, 0.6) is 11.5 Å². The highest BCUT2D eigenvalue weighted by molar-refractivity contribution is 6.04. The third-order valence-electron chi connectivity index (χ3n) is 6.21. The molecular formula is C27H29NO5. The van der Waals surface area contributed by atoms with Gasteiger partial charge in [0.2, 0.25) is 0 Å². The van der Waals surface area contributed by atoms with Gasteiger partial charge in [-0.1, -0.05) is 36.4 Å². The number of phenols is 1. The standard InChI is InChI=1S/C27H29NO5/c1-4-32-23-15-18(11-12-21(23)29)25-24(27(31)33-5-2)16(3)28-20-13-19(14-22(30)26(20)25)17-9-7-6-8-10-17/h6-12,15,19,25,28-29H,4-5,13-14H2,1-3H3/t19-,25-/m1/s1. The third kappa shape index (κ3) is 4.38. The number of esters is 1. The van der Waals surface area contributed by atoms with Gasteiger partial charge in [0.25, 0.3) is 0 Å². The Labute approximate surface area is 193 Å². The zero-order valence-corrected chi connectivity index (χ0v) is 19.2. The Morgan fingerprint density at radius 1 is 1.06 bits per heavy atom. The summed E-state index contributed by atoms with van der Waals surface area (Å²) >= 11 is 0. The van der Waals surface area contributed by atoms with Crippen molar-refractivity contribution in [2.75, 3.05) is 13.2 Å². The first-order chi connectivity index (χ1) is 15.9. The fourth-order valence-electron chi connectivity index (χ4n) is 4.79. The lowest BCUT2D eigenvalue weighted by Crippen LogP contribution is -2.36. The quantitative estimate of drug-likeness (QED) is 0.624. The number of carbonyl (C=O) groups excluding carboxylic acids is 2. The number of aromatic hydroxyl groups is 1. The first-order valence-corrected chi connectivity index (χ1v) is 11.4. The van der Waals surface area contributed by atoms with Crippen LogP contribution in [0, 0.1) is 0 Å². The second kappa shape index (κ2) is 9.53. The number of dihydropyridines is 1. The summed E-state index contributed by atoms with van der Waals surface area (Å²) in [5, 5.41) is 13.5. The normalized spacial score (nSPS) is 20.3. The maximum atomic E-state index is 13.6. The van der Waals surface area contributed by atoms with E-state index in [1.807, 2.05) is 44.2 Å². The van der Waals surface area contributed by atoms with Gasteiger partial charge in [-0.2, -0.15) is 0 Å². The van der Waals surface area contributed by atoms with Gasteiger partial charge in [-0.05, 0) is 56.4 Å². The van der Waals surface area contributed by atoms with E-state index in [-0.39, 0.29) is 24.1 Å². The van der Waals surface area contributed by atoms with Crippen molar-refractivity contribution < 1.29 is 24.2 Å². The number of nitrogens with one attached hydrogen (secondary N) is 1. The first-order valence-electron chi connectivity index (χ1n) is 11.4. The fourth-order valence-corrected chi connectivity index (χ4v) is 4.79. The molecule has 2 aromatic carbocycles. The summed E-state index contributed by atoms with van der Waals surface area (Å²) in [6, 6.07) is 15.0. The van der Waals surface area contributed by atoms with Gasteiger partial charge in [-0.15, -0.1) is 0 Å². The number of rotatable bonds is 6. The Balaban J connectivity index is 1.82. The molecule has 172 valence electrons. The van der Waals surface area contributed by atoms with E-state index in [4.69, 9.17) is 9.47 Å². The zero-order chi connectivity index (χ0) is 23.5. The van der Waals surface area contributed by atoms with Gasteiger partial charge in [-0.3, -0.25) is 4.79 Å². The van der Waals surface area contributed by atoms with Gasteiger partial charge >= 0.3 is 5.97 Å². The highest BCUT2D eigenvalue weighted by Crippen LogP contribution is 2.46. The fraction of sp³-hybridized carbons (Fsp3) is 0.333. The minimum absolute atomic E-state index is 0.00272. The van der Waals surface area contributed by atoms with Gasteiger partial charge in [0, 0.05) is 29.3 Å². The van der Waals surface area contributed by atoms with Crippen molar-refractivity contribution in [3.05, 3.63) is 82.2 Å². The Hall–Kier alpha value is -3.54. The topological polar surface area (TPSA) is 84.9 Å². The van der Waals surface area contributed by atoms with E-state index in [1.54, 1.807) is 25.1 Å². The summed E-state index contributed by atoms with van der Waals surface area (Å²) in [6.07, 6.45) is 1.04. The average Bonchev–Trinajstić information content (AvgIpc) is 2.80. The molecule has 0 radical (unpaired) electrons. The van der Waals surface area contributed by atoms with Crippen molar-refractivity contribution >= 4 is 11.8 Å². The van der Waals surface area contributed by atoms with Crippen LogP contribution in [0.1, 0.15) is 56.6 Å². The van der Waals surface area contributed by atoms with Crippen molar-refractivity contribution in [2.45, 2.75) is 45.4 Å². The Bertz CT molecular complexity index is 1130. The molecule has 0 spiro atoms. The Kier molecular flexibility index (Phi) is 6.54. The predicted molar refractivity (Wildman–Crippen MR) is 125 cm³/mol. The van der Waals surface area contributed by atoms with Crippen LogP contribution in [0.25, 0.3) is 0 Å². The van der Waals surface area contributed by atoms with Gasteiger partial charge in [0.1, 0.15) is 0 Å². The van der Waals surface area contributed by atoms with Crippen LogP contribution in [0.15, 0.2) is 71.1 Å². The number of Topliss-reactive ketones (excluding diaryl/α,β-unsaturated/α-hetero) is 1. The minimum atomic E-state index is -0.593. The molecule has 33 heavy (non-hydrogen) atoms. The number of ether oxygens (including phenoxy) is 2. The smallest absolute Gasteiger partial charge is 0.336 e. The van der Waals surface area contributed by atoms with Crippen LogP contribution in [-0.2, 0) is 14.3 Å². The molecule has 0 bridgehead atoms. The molecule has 4 rings (SSSR count). The summed E-state index contributed by atoms with van der Waals surface area (Å²) < 4.78 is 10.9. The van der Waals surface area contributed by atoms with Crippen molar-refractivity contribution in [2.24, 2.45) is 0 Å². The molecule has 1 aliphatic carbocycles. The zero-order valence-electron chi connectivity index (χ0n) is 19.2. The second-order valence-corrected chi connectivity index (χ2v) is 8.31. The van der Waals surface area contributed by atoms with Crippen molar-refractivity contribution in [3.63, 3.8) is 0 Å². The molecule has 0 fully saturated rings. The number of phenolic OH excluding ortho intramolecular Hbond substituents is 1. The molecule has 2 atom stereocenters. The molecule has 0 amide bonds. The van der Waals surface area contributed by atoms with Gasteiger partial charge in [0.05, 0.1) is 18.8 Å². The molecule has 1 aliphatic heterocycles. The number of hydrogen-bond donors (Lipinski definition) is 2. The van der Waals surface area contributed by atoms with Crippen LogP contribution < -0.4 is 10.1 Å². The minimum Gasteiger partial charge on any atom is -0.504 e. The van der Waals surface area contributed by atoms with E-state index in [0.717, 1.165) is 11.3 Å². The molecular weight excluding hydrogens is 418 g/mol. The van der Waals surface area contributed by atoms with E-state index in [9.17, 15) is 14.7 Å². The summed E-state index contributed by atoms with van der Waals surface area (Å²) in [6.45, 7) is 6.05. The number of carbonyl (C=O) groups is 2. The highest BCUT2D eigenvalue weighted by Gasteiger charge is 2.41. The molecule has 6 nitrogen and oxygen atoms in total. The molecule has 0 saturated heterocycles. The molecule has 2 N–H and O–H groups in total. The summed E-state index contributed by atoms with van der Waals surface area (Å²) in [5.74, 6) is -0.639. The maximum absolute atomic E-state index is 13.6. The van der Waals surface area contributed by atoms with E-state index >= 15 is 0 Å². The van der Waals surface area contributed by atoms with E-state index in [0.29, 0.717) is 47.6 Å². The molecule has 0 saturated carbocycles. The van der Waals surface area contributed by atoms with Crippen molar-refractivity contribution in [1.82, 2.24) is 5.32 Å². The number of benzene rings is 2. The van der Waals surface area contributed by atoms with E-state index in [2.05, 4.69) is 5.32 Å². The lowest BCUT2D eigenvalue weighted by atomic mass is 9.71. The molecule has 0 aromatic heterocycles. The monoisotopic (exact) mass is 447 g/mol. The molecule has 2 aliphatic rings. The molecule has 2 aromatic rings. The maximum Gasteiger partial charge on any atom is 0.336 e. The third-order valence-corrected chi connectivity index (χ3v) is 6.21. The van der Waals surface area contributed by atoms with Gasteiger partial charge in [-0.25, -0.2) is 4.79 Å². The van der Waals surface area contributed by atoms with Gasteiger partial charge in [0.15, 0.2) is 17.3 Å². The Morgan fingerprint density at radius 2 is 1.82 bits per heavy atom. The van der Waals surface area contributed by atoms with Crippen LogP contribution in [0.4, 0.5) is 0 Å². The highest BCUT2D eigenvalue weighted by atomic mass is 16.5. The first kappa shape index (κ1) is 22.6. The number of hydrogen-bond acceptors (Lipinski definition) is 6. The van der Waals surface area contributed by atoms with Crippen LogP contribution in [0.2, 0.25) is 0 Å². The number of ketones is 1. The molecule has 1 heterocycles.